The van der Waals surface area contributed by atoms with E-state index in [0.29, 0.717) is 35.7 Å². The number of sulfonamides is 1. The molecule has 0 unspecified atom stereocenters. The molecule has 1 aliphatic rings. The van der Waals surface area contributed by atoms with Crippen LogP contribution in [0.15, 0.2) is 71.6 Å². The van der Waals surface area contributed by atoms with Gasteiger partial charge in [0.15, 0.2) is 5.75 Å². The average molecular weight is 714 g/mol. The number of aliphatic hydroxyl groups excluding tert-OH is 1. The van der Waals surface area contributed by atoms with E-state index in [2.05, 4.69) is 10.6 Å². The number of unbranched alkanes of at least 4 members (excludes halogenated alkanes) is 2. The van der Waals surface area contributed by atoms with E-state index in [-0.39, 0.29) is 78.1 Å². The predicted octanol–water partition coefficient (Wildman–Crippen LogP) is 4.99. The molecule has 1 heterocycles. The molecule has 4 rings (SSSR count). The zero-order valence-electron chi connectivity index (χ0n) is 27.9. The van der Waals surface area contributed by atoms with Crippen LogP contribution in [0.5, 0.6) is 5.75 Å². The summed E-state index contributed by atoms with van der Waals surface area (Å²) in [4.78, 5) is 40.8. The van der Waals surface area contributed by atoms with Crippen LogP contribution in [0, 0.1) is 5.92 Å². The van der Waals surface area contributed by atoms with Crippen molar-refractivity contribution in [3.05, 3.63) is 77.3 Å². The first-order valence-electron chi connectivity index (χ1n) is 16.2. The standard InChI is InChI=1S/C35H44ClN5O7S/c1-23-20-41(24(2)22-42)35(45)27-10-9-13-30(34(27)48-31(23)21-40(3)49(46,47)26-18-16-25(36)17-19-26)39-33(44)15-6-4-5-14-32(43)38-29-12-8-7-11-28(29)37/h7-13,16-19,23-24,31,42H,4-6,14-15,20-22,37H2,1-3H3,(H,38,43)(H,39,44)/t23-,24+,31+/m0/s1. The normalized spacial score (nSPS) is 17.0. The van der Waals surface area contributed by atoms with Gasteiger partial charge in [0.1, 0.15) is 6.10 Å². The molecule has 12 nitrogen and oxygen atoms in total. The number of anilines is 3. The lowest BCUT2D eigenvalue weighted by molar-refractivity contribution is -0.116. The lowest BCUT2D eigenvalue weighted by Crippen LogP contribution is -2.50. The molecule has 0 radical (unpaired) electrons. The van der Waals surface area contributed by atoms with Gasteiger partial charge in [0.2, 0.25) is 21.8 Å². The number of fused-ring (bicyclic) bond motifs is 1. The van der Waals surface area contributed by atoms with E-state index in [1.807, 2.05) is 6.92 Å². The van der Waals surface area contributed by atoms with Crippen molar-refractivity contribution in [2.75, 3.05) is 43.1 Å². The molecule has 1 aliphatic heterocycles. The minimum Gasteiger partial charge on any atom is -0.486 e. The number of amides is 3. The number of para-hydroxylation sites is 3. The van der Waals surface area contributed by atoms with Crippen LogP contribution in [0.1, 0.15) is 56.3 Å². The maximum absolute atomic E-state index is 13.8. The third-order valence-electron chi connectivity index (χ3n) is 8.47. The molecule has 49 heavy (non-hydrogen) atoms. The number of hydrogen-bond acceptors (Lipinski definition) is 8. The molecule has 3 amide bonds. The molecule has 3 aromatic rings. The highest BCUT2D eigenvalue weighted by molar-refractivity contribution is 7.89. The second kappa shape index (κ2) is 17.0. The van der Waals surface area contributed by atoms with Crippen molar-refractivity contribution < 1.29 is 32.6 Å². The third-order valence-corrected chi connectivity index (χ3v) is 10.6. The summed E-state index contributed by atoms with van der Waals surface area (Å²) in [5.41, 5.74) is 7.39. The van der Waals surface area contributed by atoms with Crippen molar-refractivity contribution in [3.63, 3.8) is 0 Å². The van der Waals surface area contributed by atoms with Crippen LogP contribution >= 0.6 is 11.6 Å². The van der Waals surface area contributed by atoms with Gasteiger partial charge in [-0.1, -0.05) is 43.1 Å². The summed E-state index contributed by atoms with van der Waals surface area (Å²) in [6, 6.07) is 17.2. The Morgan fingerprint density at radius 2 is 1.61 bits per heavy atom. The molecular weight excluding hydrogens is 670 g/mol. The first-order valence-corrected chi connectivity index (χ1v) is 18.0. The summed E-state index contributed by atoms with van der Waals surface area (Å²) in [6.07, 6.45) is 1.45. The Labute approximate surface area is 292 Å². The number of likely N-dealkylation sites (N-methyl/N-ethyl adjacent to an activating group) is 1. The minimum absolute atomic E-state index is 0.0617. The molecule has 0 aliphatic carbocycles. The number of benzene rings is 3. The summed E-state index contributed by atoms with van der Waals surface area (Å²) in [5.74, 6) is -1.08. The van der Waals surface area contributed by atoms with Gasteiger partial charge in [0.05, 0.1) is 46.7 Å². The number of ether oxygens (including phenoxy) is 1. The summed E-state index contributed by atoms with van der Waals surface area (Å²) in [5, 5.41) is 16.0. The Morgan fingerprint density at radius 1 is 1.00 bits per heavy atom. The van der Waals surface area contributed by atoms with E-state index in [4.69, 9.17) is 22.1 Å². The molecule has 0 aromatic heterocycles. The van der Waals surface area contributed by atoms with Gasteiger partial charge in [-0.05, 0) is 68.3 Å². The van der Waals surface area contributed by atoms with E-state index in [1.165, 1.54) is 35.6 Å². The van der Waals surface area contributed by atoms with Crippen LogP contribution in [0.3, 0.4) is 0 Å². The zero-order chi connectivity index (χ0) is 35.7. The maximum atomic E-state index is 13.8. The van der Waals surface area contributed by atoms with Crippen LogP contribution in [0.25, 0.3) is 0 Å². The topological polar surface area (TPSA) is 171 Å². The largest absolute Gasteiger partial charge is 0.486 e. The smallest absolute Gasteiger partial charge is 0.258 e. The maximum Gasteiger partial charge on any atom is 0.258 e. The number of carbonyl (C=O) groups is 3. The Bertz CT molecular complexity index is 1740. The monoisotopic (exact) mass is 713 g/mol. The number of nitrogens with zero attached hydrogens (tertiary/aromatic N) is 2. The van der Waals surface area contributed by atoms with Crippen molar-refractivity contribution in [2.24, 2.45) is 5.92 Å². The van der Waals surface area contributed by atoms with Crippen LogP contribution in [0.4, 0.5) is 17.1 Å². The van der Waals surface area contributed by atoms with Gasteiger partial charge in [-0.3, -0.25) is 14.4 Å². The fourth-order valence-electron chi connectivity index (χ4n) is 5.48. The van der Waals surface area contributed by atoms with Gasteiger partial charge in [0, 0.05) is 37.4 Å². The molecule has 0 spiro atoms. The highest BCUT2D eigenvalue weighted by Crippen LogP contribution is 2.35. The minimum atomic E-state index is -3.92. The number of rotatable bonds is 14. The van der Waals surface area contributed by atoms with Gasteiger partial charge < -0.3 is 31.1 Å². The van der Waals surface area contributed by atoms with E-state index in [0.717, 1.165) is 0 Å². The molecule has 14 heteroatoms. The molecule has 0 saturated carbocycles. The fourth-order valence-corrected chi connectivity index (χ4v) is 6.79. The first-order chi connectivity index (χ1) is 23.3. The summed E-state index contributed by atoms with van der Waals surface area (Å²) < 4.78 is 34.5. The predicted molar refractivity (Wildman–Crippen MR) is 190 cm³/mol. The van der Waals surface area contributed by atoms with Crippen molar-refractivity contribution in [2.45, 2.75) is 63.0 Å². The van der Waals surface area contributed by atoms with E-state index >= 15 is 0 Å². The highest BCUT2D eigenvalue weighted by atomic mass is 35.5. The van der Waals surface area contributed by atoms with E-state index < -0.39 is 22.2 Å². The van der Waals surface area contributed by atoms with Crippen LogP contribution in [0.2, 0.25) is 5.02 Å². The highest BCUT2D eigenvalue weighted by Gasteiger charge is 2.36. The van der Waals surface area contributed by atoms with Gasteiger partial charge in [0.25, 0.3) is 5.91 Å². The lowest BCUT2D eigenvalue weighted by Gasteiger charge is -2.38. The van der Waals surface area contributed by atoms with Gasteiger partial charge in [-0.25, -0.2) is 8.42 Å². The lowest BCUT2D eigenvalue weighted by atomic mass is 9.99. The second-order valence-electron chi connectivity index (χ2n) is 12.3. The number of carbonyl (C=O) groups excluding carboxylic acids is 3. The Morgan fingerprint density at radius 3 is 2.24 bits per heavy atom. The van der Waals surface area contributed by atoms with Crippen LogP contribution in [-0.4, -0.2) is 79.3 Å². The van der Waals surface area contributed by atoms with Gasteiger partial charge in [-0.15, -0.1) is 0 Å². The SMILES string of the molecule is C[C@H](CO)N1C[C@H](C)[C@@H](CN(C)S(=O)(=O)c2ccc(Cl)cc2)Oc2c(NC(=O)CCCCCC(=O)Nc3ccccc3N)cccc2C1=O. The summed E-state index contributed by atoms with van der Waals surface area (Å²) in [6.45, 7) is 3.44. The third kappa shape index (κ3) is 9.72. The number of nitrogens with two attached hydrogens (primary N) is 1. The summed E-state index contributed by atoms with van der Waals surface area (Å²) >= 11 is 5.97. The van der Waals surface area contributed by atoms with Crippen molar-refractivity contribution in [1.29, 1.82) is 0 Å². The van der Waals surface area contributed by atoms with Crippen molar-refractivity contribution >= 4 is 56.4 Å². The number of nitrogens with one attached hydrogen (secondary N) is 2. The number of aliphatic hydroxyl groups is 1. The molecule has 3 atom stereocenters. The quantitative estimate of drug-likeness (QED) is 0.134. The molecular formula is C35H44ClN5O7S. The molecule has 3 aromatic carbocycles. The van der Waals surface area contributed by atoms with Gasteiger partial charge in [-0.2, -0.15) is 4.31 Å². The number of halogens is 1. The number of nitrogen functional groups attached to an aromatic ring is 1. The zero-order valence-corrected chi connectivity index (χ0v) is 29.5. The molecule has 5 N–H and O–H groups in total. The first kappa shape index (κ1) is 37.6. The molecule has 0 saturated heterocycles. The van der Waals surface area contributed by atoms with Crippen molar-refractivity contribution in [3.8, 4) is 5.75 Å². The Kier molecular flexibility index (Phi) is 13.0. The Hall–Kier alpha value is -4.17. The Balaban J connectivity index is 1.46. The van der Waals surface area contributed by atoms with Gasteiger partial charge >= 0.3 is 0 Å². The van der Waals surface area contributed by atoms with E-state index in [1.54, 1.807) is 54.3 Å². The second-order valence-corrected chi connectivity index (χ2v) is 14.8. The van der Waals surface area contributed by atoms with Crippen LogP contribution in [-0.2, 0) is 19.6 Å². The van der Waals surface area contributed by atoms with Crippen molar-refractivity contribution in [1.82, 2.24) is 9.21 Å². The summed E-state index contributed by atoms with van der Waals surface area (Å²) in [7, 11) is -2.46. The van der Waals surface area contributed by atoms with Crippen LogP contribution < -0.4 is 21.1 Å². The fraction of sp³-hybridized carbons (Fsp3) is 0.400. The molecule has 0 fully saturated rings. The molecule has 0 bridgehead atoms. The average Bonchev–Trinajstić information content (AvgIpc) is 3.07. The molecule has 264 valence electrons. The number of hydrogen-bond donors (Lipinski definition) is 4. The van der Waals surface area contributed by atoms with E-state index in [9.17, 15) is 27.9 Å².